The number of anilines is 1. The lowest BCUT2D eigenvalue weighted by Crippen LogP contribution is -2.39. The van der Waals surface area contributed by atoms with Crippen LogP contribution in [-0.4, -0.2) is 45.6 Å². The number of nitrogens with zero attached hydrogens (tertiary/aromatic N) is 2. The smallest absolute Gasteiger partial charge is 0.260 e. The highest BCUT2D eigenvalue weighted by atomic mass is 35.5. The molecule has 0 heterocycles. The minimum absolute atomic E-state index is 0.00105. The maximum atomic E-state index is 12.1. The number of phenolic OH excluding ortho intramolecular Hbond substituents is 1. The summed E-state index contributed by atoms with van der Waals surface area (Å²) in [6, 6.07) is 10.8. The fourth-order valence-corrected chi connectivity index (χ4v) is 3.25. The first-order chi connectivity index (χ1) is 12.7. The summed E-state index contributed by atoms with van der Waals surface area (Å²) < 4.78 is 30.1. The van der Waals surface area contributed by atoms with Crippen LogP contribution in [0.3, 0.4) is 0 Å². The van der Waals surface area contributed by atoms with Crippen LogP contribution in [0.5, 0.6) is 11.5 Å². The molecular weight excluding hydrogens is 394 g/mol. The molecule has 0 atom stereocenters. The number of amides is 1. The second kappa shape index (κ2) is 8.74. The number of sulfonamides is 1. The predicted molar refractivity (Wildman–Crippen MR) is 104 cm³/mol. The van der Waals surface area contributed by atoms with Crippen molar-refractivity contribution in [2.75, 3.05) is 24.2 Å². The topological polar surface area (TPSA) is 108 Å². The van der Waals surface area contributed by atoms with Crippen molar-refractivity contribution in [3.05, 3.63) is 53.1 Å². The number of aromatic hydroxyl groups is 1. The molecule has 27 heavy (non-hydrogen) atoms. The second-order valence-electron chi connectivity index (χ2n) is 5.44. The Labute approximate surface area is 162 Å². The highest BCUT2D eigenvalue weighted by Gasteiger charge is 2.21. The third-order valence-corrected chi connectivity index (χ3v) is 4.88. The summed E-state index contributed by atoms with van der Waals surface area (Å²) in [6.45, 7) is -0.500. The van der Waals surface area contributed by atoms with Gasteiger partial charge in [0.05, 0.1) is 30.3 Å². The third-order valence-electron chi connectivity index (χ3n) is 3.44. The molecule has 8 nitrogen and oxygen atoms in total. The fraction of sp³-hybridized carbons (Fsp3) is 0.176. The molecule has 0 fully saturated rings. The molecule has 2 aromatic rings. The Kier molecular flexibility index (Phi) is 6.65. The largest absolute Gasteiger partial charge is 0.507 e. The van der Waals surface area contributed by atoms with Gasteiger partial charge in [-0.1, -0.05) is 23.7 Å². The van der Waals surface area contributed by atoms with Crippen molar-refractivity contribution in [3.8, 4) is 11.5 Å². The number of nitrogens with one attached hydrogen (secondary N) is 1. The lowest BCUT2D eigenvalue weighted by molar-refractivity contribution is -0.119. The molecule has 144 valence electrons. The van der Waals surface area contributed by atoms with Gasteiger partial charge in [-0.3, -0.25) is 9.10 Å². The van der Waals surface area contributed by atoms with E-state index in [4.69, 9.17) is 16.3 Å². The SMILES string of the molecule is COc1ccc(N(CC(=O)N/N=C\c2ccccc2O)S(C)(=O)=O)cc1Cl. The molecule has 0 aliphatic carbocycles. The number of carbonyl (C=O) groups is 1. The number of hydrazone groups is 1. The van der Waals surface area contributed by atoms with Crippen LogP contribution < -0.4 is 14.5 Å². The van der Waals surface area contributed by atoms with E-state index in [2.05, 4.69) is 10.5 Å². The standard InChI is InChI=1S/C17H18ClN3O5S/c1-26-16-8-7-13(9-14(16)18)21(27(2,24)25)11-17(23)20-19-10-12-5-3-4-6-15(12)22/h3-10,22H,11H2,1-2H3,(H,20,23)/b19-10-. The summed E-state index contributed by atoms with van der Waals surface area (Å²) in [5, 5.41) is 13.6. The molecule has 0 aromatic heterocycles. The molecule has 0 unspecified atom stereocenters. The minimum Gasteiger partial charge on any atom is -0.507 e. The van der Waals surface area contributed by atoms with Gasteiger partial charge in [0, 0.05) is 5.56 Å². The number of hydrogen-bond acceptors (Lipinski definition) is 6. The molecule has 10 heteroatoms. The van der Waals surface area contributed by atoms with Crippen LogP contribution in [0, 0.1) is 0 Å². The molecule has 0 aliphatic rings. The molecule has 2 N–H and O–H groups in total. The van der Waals surface area contributed by atoms with Crippen LogP contribution in [0.15, 0.2) is 47.6 Å². The van der Waals surface area contributed by atoms with Gasteiger partial charge in [0.15, 0.2) is 0 Å². The zero-order chi connectivity index (χ0) is 20.0. The number of ether oxygens (including phenoxy) is 1. The lowest BCUT2D eigenvalue weighted by atomic mass is 10.2. The van der Waals surface area contributed by atoms with Gasteiger partial charge in [-0.15, -0.1) is 0 Å². The quantitative estimate of drug-likeness (QED) is 0.535. The average Bonchev–Trinajstić information content (AvgIpc) is 2.60. The van der Waals surface area contributed by atoms with Gasteiger partial charge in [-0.2, -0.15) is 5.10 Å². The van der Waals surface area contributed by atoms with Gasteiger partial charge in [-0.25, -0.2) is 13.8 Å². The van der Waals surface area contributed by atoms with Crippen LogP contribution in [-0.2, 0) is 14.8 Å². The highest BCUT2D eigenvalue weighted by Crippen LogP contribution is 2.30. The first-order valence-corrected chi connectivity index (χ1v) is 9.86. The van der Waals surface area contributed by atoms with E-state index in [1.165, 1.54) is 37.6 Å². The number of carbonyl (C=O) groups excluding carboxylic acids is 1. The molecule has 2 rings (SSSR count). The summed E-state index contributed by atoms with van der Waals surface area (Å²) in [6.07, 6.45) is 2.23. The number of para-hydroxylation sites is 1. The van der Waals surface area contributed by atoms with E-state index in [9.17, 15) is 18.3 Å². The average molecular weight is 412 g/mol. The van der Waals surface area contributed by atoms with Crippen molar-refractivity contribution in [2.45, 2.75) is 0 Å². The number of benzene rings is 2. The summed E-state index contributed by atoms with van der Waals surface area (Å²) in [7, 11) is -2.32. The molecule has 0 spiro atoms. The number of halogens is 1. The van der Waals surface area contributed by atoms with Crippen LogP contribution >= 0.6 is 11.6 Å². The Morgan fingerprint density at radius 1 is 1.33 bits per heavy atom. The third kappa shape index (κ3) is 5.60. The Hall–Kier alpha value is -2.78. The molecular formula is C17H18ClN3O5S. The molecule has 2 aromatic carbocycles. The number of rotatable bonds is 7. The molecule has 0 saturated heterocycles. The van der Waals surface area contributed by atoms with Crippen molar-refractivity contribution >= 4 is 39.4 Å². The Bertz CT molecular complexity index is 963. The van der Waals surface area contributed by atoms with Gasteiger partial charge < -0.3 is 9.84 Å². The number of hydrogen-bond donors (Lipinski definition) is 2. The van der Waals surface area contributed by atoms with E-state index >= 15 is 0 Å². The van der Waals surface area contributed by atoms with E-state index in [-0.39, 0.29) is 16.5 Å². The maximum Gasteiger partial charge on any atom is 0.260 e. The van der Waals surface area contributed by atoms with E-state index in [1.54, 1.807) is 18.2 Å². The van der Waals surface area contributed by atoms with Crippen LogP contribution in [0.25, 0.3) is 0 Å². The zero-order valence-electron chi connectivity index (χ0n) is 14.6. The van der Waals surface area contributed by atoms with Crippen molar-refractivity contribution < 1.29 is 23.1 Å². The van der Waals surface area contributed by atoms with E-state index in [0.717, 1.165) is 10.6 Å². The second-order valence-corrected chi connectivity index (χ2v) is 7.75. The Balaban J connectivity index is 2.13. The van der Waals surface area contributed by atoms with Gasteiger partial charge in [0.1, 0.15) is 18.0 Å². The Morgan fingerprint density at radius 2 is 2.04 bits per heavy atom. The van der Waals surface area contributed by atoms with E-state index < -0.39 is 22.5 Å². The first kappa shape index (κ1) is 20.5. The zero-order valence-corrected chi connectivity index (χ0v) is 16.2. The van der Waals surface area contributed by atoms with E-state index in [1.807, 2.05) is 0 Å². The molecule has 0 bridgehead atoms. The molecule has 1 amide bonds. The van der Waals surface area contributed by atoms with Gasteiger partial charge in [0.25, 0.3) is 5.91 Å². The van der Waals surface area contributed by atoms with Crippen LogP contribution in [0.4, 0.5) is 5.69 Å². The highest BCUT2D eigenvalue weighted by molar-refractivity contribution is 7.92. The molecule has 0 radical (unpaired) electrons. The van der Waals surface area contributed by atoms with Crippen molar-refractivity contribution in [1.29, 1.82) is 0 Å². The van der Waals surface area contributed by atoms with Crippen LogP contribution in [0.2, 0.25) is 5.02 Å². The number of methoxy groups -OCH3 is 1. The van der Waals surface area contributed by atoms with Gasteiger partial charge in [-0.05, 0) is 30.3 Å². The van der Waals surface area contributed by atoms with E-state index in [0.29, 0.717) is 11.3 Å². The van der Waals surface area contributed by atoms with Crippen LogP contribution in [0.1, 0.15) is 5.56 Å². The summed E-state index contributed by atoms with van der Waals surface area (Å²) in [5.41, 5.74) is 2.84. The normalized spacial score (nSPS) is 11.4. The first-order valence-electron chi connectivity index (χ1n) is 7.63. The maximum absolute atomic E-state index is 12.1. The lowest BCUT2D eigenvalue weighted by Gasteiger charge is -2.22. The van der Waals surface area contributed by atoms with Crippen molar-refractivity contribution in [3.63, 3.8) is 0 Å². The summed E-state index contributed by atoms with van der Waals surface area (Å²) >= 11 is 6.03. The Morgan fingerprint density at radius 3 is 2.63 bits per heavy atom. The van der Waals surface area contributed by atoms with Gasteiger partial charge >= 0.3 is 0 Å². The summed E-state index contributed by atoms with van der Waals surface area (Å²) in [4.78, 5) is 12.1. The monoisotopic (exact) mass is 411 g/mol. The molecule has 0 saturated carbocycles. The number of phenols is 1. The minimum atomic E-state index is -3.75. The predicted octanol–water partition coefficient (Wildman–Crippen LogP) is 1.97. The van der Waals surface area contributed by atoms with Crippen molar-refractivity contribution in [2.24, 2.45) is 5.10 Å². The van der Waals surface area contributed by atoms with Gasteiger partial charge in [0.2, 0.25) is 10.0 Å². The fourth-order valence-electron chi connectivity index (χ4n) is 2.15. The molecule has 0 aliphatic heterocycles. The van der Waals surface area contributed by atoms with Crippen molar-refractivity contribution in [1.82, 2.24) is 5.43 Å². The summed E-state index contributed by atoms with van der Waals surface area (Å²) in [5.74, 6) is -0.286.